The summed E-state index contributed by atoms with van der Waals surface area (Å²) < 4.78 is 74.7. The van der Waals surface area contributed by atoms with Crippen LogP contribution in [0.2, 0.25) is 0 Å². The number of hydrogen-bond acceptors (Lipinski definition) is 6. The Kier molecular flexibility index (Phi) is 7.93. The number of carbonyl (C=O) groups excluding carboxylic acids is 1. The van der Waals surface area contributed by atoms with Crippen molar-refractivity contribution in [2.45, 2.75) is 50.0 Å². The Balaban J connectivity index is 1.80. The van der Waals surface area contributed by atoms with Crippen LogP contribution < -0.4 is 19.5 Å². The van der Waals surface area contributed by atoms with Crippen LogP contribution in [0.5, 0.6) is 11.5 Å². The zero-order valence-electron chi connectivity index (χ0n) is 18.3. The molecular weight excluding hydrogens is 477 g/mol. The molecule has 1 amide bonds. The number of aliphatic hydroxyl groups is 1. The van der Waals surface area contributed by atoms with E-state index in [0.29, 0.717) is 0 Å². The number of sulfonamides is 1. The number of nitrogens with one attached hydrogen (secondary N) is 2. The average Bonchev–Trinajstić information content (AvgIpc) is 3.27. The van der Waals surface area contributed by atoms with Crippen molar-refractivity contribution >= 4 is 27.3 Å². The van der Waals surface area contributed by atoms with Crippen molar-refractivity contribution in [2.75, 3.05) is 16.6 Å². The van der Waals surface area contributed by atoms with Crippen molar-refractivity contribution < 1.29 is 41.0 Å². The highest BCUT2D eigenvalue weighted by Crippen LogP contribution is 2.32. The monoisotopic (exact) mass is 502 g/mol. The first-order valence-electron chi connectivity index (χ1n) is 10.6. The molecule has 1 aliphatic rings. The van der Waals surface area contributed by atoms with E-state index in [1.54, 1.807) is 6.92 Å². The van der Waals surface area contributed by atoms with E-state index in [9.17, 15) is 31.5 Å². The number of aliphatic hydroxyl groups excluding tert-OH is 1. The highest BCUT2D eigenvalue weighted by atomic mass is 32.2. The molecule has 2 aromatic rings. The number of amides is 1. The molecule has 0 radical (unpaired) electrons. The first-order chi connectivity index (χ1) is 16.0. The third kappa shape index (κ3) is 6.76. The largest absolute Gasteiger partial charge is 0.573 e. The van der Waals surface area contributed by atoms with E-state index in [4.69, 9.17) is 4.74 Å². The normalized spacial score (nSPS) is 15.6. The minimum absolute atomic E-state index is 0.0779. The zero-order valence-corrected chi connectivity index (χ0v) is 19.1. The van der Waals surface area contributed by atoms with Crippen LogP contribution in [-0.2, 0) is 14.8 Å². The average molecular weight is 503 g/mol. The molecule has 34 heavy (non-hydrogen) atoms. The van der Waals surface area contributed by atoms with Gasteiger partial charge >= 0.3 is 6.36 Å². The van der Waals surface area contributed by atoms with Crippen molar-refractivity contribution in [3.05, 3.63) is 42.5 Å². The summed E-state index contributed by atoms with van der Waals surface area (Å²) in [4.78, 5) is 12.1. The van der Waals surface area contributed by atoms with Gasteiger partial charge in [-0.15, -0.1) is 13.2 Å². The van der Waals surface area contributed by atoms with Crippen LogP contribution in [0.15, 0.2) is 47.4 Å². The van der Waals surface area contributed by atoms with Gasteiger partial charge in [0.15, 0.2) is 0 Å². The summed E-state index contributed by atoms with van der Waals surface area (Å²) in [6.45, 7) is 1.75. The fourth-order valence-corrected chi connectivity index (χ4v) is 4.92. The summed E-state index contributed by atoms with van der Waals surface area (Å²) in [5, 5.41) is 12.8. The molecule has 1 fully saturated rings. The lowest BCUT2D eigenvalue weighted by atomic mass is 10.0. The Labute approximate surface area is 195 Å². The van der Waals surface area contributed by atoms with E-state index in [0.717, 1.165) is 37.8 Å². The number of carbonyl (C=O) groups is 1. The van der Waals surface area contributed by atoms with Crippen LogP contribution in [0.3, 0.4) is 0 Å². The van der Waals surface area contributed by atoms with Gasteiger partial charge in [0.25, 0.3) is 15.9 Å². The van der Waals surface area contributed by atoms with E-state index < -0.39 is 34.1 Å². The summed E-state index contributed by atoms with van der Waals surface area (Å²) in [5.41, 5.74) is 0.0753. The molecule has 12 heteroatoms. The molecule has 0 bridgehead atoms. The van der Waals surface area contributed by atoms with Gasteiger partial charge in [-0.2, -0.15) is 0 Å². The van der Waals surface area contributed by atoms with E-state index in [1.807, 2.05) is 0 Å². The number of alkyl halides is 3. The van der Waals surface area contributed by atoms with Crippen LogP contribution in [0, 0.1) is 5.92 Å². The Morgan fingerprint density at radius 1 is 1.15 bits per heavy atom. The third-order valence-electron chi connectivity index (χ3n) is 5.24. The summed E-state index contributed by atoms with van der Waals surface area (Å²) in [5.74, 6) is -1.38. The third-order valence-corrected chi connectivity index (χ3v) is 6.66. The molecule has 0 heterocycles. The summed E-state index contributed by atoms with van der Waals surface area (Å²) in [6, 6.07) is 8.23. The lowest BCUT2D eigenvalue weighted by molar-refractivity contribution is -0.274. The van der Waals surface area contributed by atoms with Crippen molar-refractivity contribution in [3.8, 4) is 11.5 Å². The number of hydrogen-bond donors (Lipinski definition) is 3. The van der Waals surface area contributed by atoms with Crippen molar-refractivity contribution in [2.24, 2.45) is 5.92 Å². The molecule has 1 aliphatic carbocycles. The quantitative estimate of drug-likeness (QED) is 0.472. The second kappa shape index (κ2) is 10.5. The van der Waals surface area contributed by atoms with E-state index in [2.05, 4.69) is 14.8 Å². The SMILES string of the molecule is CCOc1cc(NC(=O)[C@@H](O)C2CCCC2)ccc1S(=O)(=O)Nc1cccc(OC(F)(F)F)c1. The van der Waals surface area contributed by atoms with Crippen LogP contribution in [0.25, 0.3) is 0 Å². The highest BCUT2D eigenvalue weighted by Gasteiger charge is 2.31. The lowest BCUT2D eigenvalue weighted by Crippen LogP contribution is -2.33. The van der Waals surface area contributed by atoms with Gasteiger partial charge in [0, 0.05) is 17.8 Å². The molecule has 0 saturated heterocycles. The fourth-order valence-electron chi connectivity index (χ4n) is 3.75. The van der Waals surface area contributed by atoms with Gasteiger partial charge in [-0.1, -0.05) is 18.9 Å². The highest BCUT2D eigenvalue weighted by molar-refractivity contribution is 7.92. The number of ether oxygens (including phenoxy) is 2. The molecule has 186 valence electrons. The maximum absolute atomic E-state index is 12.9. The molecule has 3 rings (SSSR count). The molecule has 3 N–H and O–H groups in total. The molecule has 1 saturated carbocycles. The predicted octanol–water partition coefficient (Wildman–Crippen LogP) is 4.27. The number of benzene rings is 2. The lowest BCUT2D eigenvalue weighted by Gasteiger charge is -2.18. The summed E-state index contributed by atoms with van der Waals surface area (Å²) >= 11 is 0. The van der Waals surface area contributed by atoms with Gasteiger partial charge in [0.05, 0.1) is 12.3 Å². The van der Waals surface area contributed by atoms with Gasteiger partial charge in [-0.3, -0.25) is 9.52 Å². The van der Waals surface area contributed by atoms with E-state index in [1.165, 1.54) is 30.3 Å². The number of rotatable bonds is 9. The smallest absolute Gasteiger partial charge is 0.492 e. The Morgan fingerprint density at radius 2 is 1.85 bits per heavy atom. The van der Waals surface area contributed by atoms with Crippen molar-refractivity contribution in [1.82, 2.24) is 0 Å². The first-order valence-corrected chi connectivity index (χ1v) is 12.1. The van der Waals surface area contributed by atoms with Gasteiger partial charge < -0.3 is 19.9 Å². The molecule has 0 aliphatic heterocycles. The molecular formula is C22H25F3N2O6S. The standard InChI is InChI=1S/C22H25F3N2O6S/c1-2-32-18-13-15(26-21(29)20(28)14-6-3-4-7-14)10-11-19(18)34(30,31)27-16-8-5-9-17(12-16)33-22(23,24)25/h5,8-14,20,27-28H,2-4,6-7H2,1H3,(H,26,29)/t20-/m0/s1. The molecule has 0 spiro atoms. The number of anilines is 2. The maximum Gasteiger partial charge on any atom is 0.573 e. The topological polar surface area (TPSA) is 114 Å². The fraction of sp³-hybridized carbons (Fsp3) is 0.409. The van der Waals surface area contributed by atoms with Crippen molar-refractivity contribution in [3.63, 3.8) is 0 Å². The molecule has 8 nitrogen and oxygen atoms in total. The van der Waals surface area contributed by atoms with Gasteiger partial charge in [-0.05, 0) is 49.9 Å². The molecule has 2 aromatic carbocycles. The maximum atomic E-state index is 12.9. The van der Waals surface area contributed by atoms with Crippen LogP contribution in [0.4, 0.5) is 24.5 Å². The Hall–Kier alpha value is -2.99. The summed E-state index contributed by atoms with van der Waals surface area (Å²) in [6.07, 6.45) is -2.67. The van der Waals surface area contributed by atoms with Gasteiger partial charge in [0.1, 0.15) is 22.5 Å². The van der Waals surface area contributed by atoms with Crippen LogP contribution >= 0.6 is 0 Å². The van der Waals surface area contributed by atoms with Crippen molar-refractivity contribution in [1.29, 1.82) is 0 Å². The zero-order chi connectivity index (χ0) is 24.9. The molecule has 0 aromatic heterocycles. The Morgan fingerprint density at radius 3 is 2.50 bits per heavy atom. The summed E-state index contributed by atoms with van der Waals surface area (Å²) in [7, 11) is -4.28. The molecule has 1 atom stereocenters. The number of halogens is 3. The van der Waals surface area contributed by atoms with Crippen LogP contribution in [-0.4, -0.2) is 38.5 Å². The minimum atomic E-state index is -4.93. The van der Waals surface area contributed by atoms with E-state index >= 15 is 0 Å². The second-order valence-electron chi connectivity index (χ2n) is 7.75. The van der Waals surface area contributed by atoms with Gasteiger partial charge in [-0.25, -0.2) is 8.42 Å². The Bertz CT molecular complexity index is 1120. The molecule has 0 unspecified atom stereocenters. The van der Waals surface area contributed by atoms with E-state index in [-0.39, 0.29) is 34.5 Å². The minimum Gasteiger partial charge on any atom is -0.492 e. The second-order valence-corrected chi connectivity index (χ2v) is 9.41. The predicted molar refractivity (Wildman–Crippen MR) is 118 cm³/mol. The first kappa shape index (κ1) is 25.6. The van der Waals surface area contributed by atoms with Gasteiger partial charge in [0.2, 0.25) is 0 Å². The van der Waals surface area contributed by atoms with Crippen LogP contribution in [0.1, 0.15) is 32.6 Å².